The zero-order valence-electron chi connectivity index (χ0n) is 17.0. The Bertz CT molecular complexity index is 873. The van der Waals surface area contributed by atoms with Gasteiger partial charge in [-0.25, -0.2) is 4.79 Å². The normalized spacial score (nSPS) is 10.9. The summed E-state index contributed by atoms with van der Waals surface area (Å²) >= 11 is 0. The van der Waals surface area contributed by atoms with Crippen LogP contribution in [0, 0.1) is 5.41 Å². The van der Waals surface area contributed by atoms with E-state index in [0.29, 0.717) is 29.4 Å². The number of hydrogen-bond acceptors (Lipinski definition) is 5. The van der Waals surface area contributed by atoms with Gasteiger partial charge in [0.15, 0.2) is 0 Å². The van der Waals surface area contributed by atoms with E-state index in [1.54, 1.807) is 52.0 Å². The number of esters is 2. The van der Waals surface area contributed by atoms with E-state index >= 15 is 0 Å². The van der Waals surface area contributed by atoms with Gasteiger partial charge < -0.3 is 14.2 Å². The molecule has 28 heavy (non-hydrogen) atoms. The van der Waals surface area contributed by atoms with Crippen LogP contribution in [0.5, 0.6) is 17.2 Å². The van der Waals surface area contributed by atoms with Crippen molar-refractivity contribution in [1.29, 1.82) is 0 Å². The van der Waals surface area contributed by atoms with E-state index in [1.165, 1.54) is 0 Å². The quantitative estimate of drug-likeness (QED) is 0.391. The minimum Gasteiger partial charge on any atom is -0.493 e. The molecule has 0 aliphatic heterocycles. The molecule has 2 aromatic carbocycles. The number of hydrogen-bond donors (Lipinski definition) is 0. The molecule has 0 aromatic heterocycles. The molecule has 0 atom stereocenters. The number of carbonyl (C=O) groups excluding carboxylic acids is 2. The topological polar surface area (TPSA) is 61.8 Å². The van der Waals surface area contributed by atoms with Gasteiger partial charge in [-0.2, -0.15) is 0 Å². The van der Waals surface area contributed by atoms with Gasteiger partial charge in [0.2, 0.25) is 0 Å². The van der Waals surface area contributed by atoms with E-state index < -0.39 is 11.4 Å². The van der Waals surface area contributed by atoms with E-state index in [2.05, 4.69) is 6.58 Å². The van der Waals surface area contributed by atoms with E-state index in [-0.39, 0.29) is 5.97 Å². The van der Waals surface area contributed by atoms with Crippen molar-refractivity contribution in [2.45, 2.75) is 34.6 Å². The molecule has 0 saturated carbocycles. The molecular weight excluding hydrogens is 356 g/mol. The van der Waals surface area contributed by atoms with Crippen LogP contribution in [0.1, 0.15) is 34.6 Å². The number of ether oxygens (including phenoxy) is 3. The van der Waals surface area contributed by atoms with Crippen molar-refractivity contribution in [2.24, 2.45) is 5.41 Å². The highest BCUT2D eigenvalue weighted by Crippen LogP contribution is 2.35. The van der Waals surface area contributed by atoms with Crippen LogP contribution in [0.3, 0.4) is 0 Å². The van der Waals surface area contributed by atoms with Crippen molar-refractivity contribution in [2.75, 3.05) is 6.61 Å². The Morgan fingerprint density at radius 3 is 2.11 bits per heavy atom. The fourth-order valence-electron chi connectivity index (χ4n) is 2.24. The molecule has 2 rings (SSSR count). The summed E-state index contributed by atoms with van der Waals surface area (Å²) in [6.07, 6.45) is 0. The zero-order valence-corrected chi connectivity index (χ0v) is 17.0. The lowest BCUT2D eigenvalue weighted by Crippen LogP contribution is -2.25. The first-order valence-electron chi connectivity index (χ1n) is 9.09. The van der Waals surface area contributed by atoms with Crippen molar-refractivity contribution in [3.63, 3.8) is 0 Å². The largest absolute Gasteiger partial charge is 0.493 e. The Morgan fingerprint density at radius 2 is 1.57 bits per heavy atom. The summed E-state index contributed by atoms with van der Waals surface area (Å²) in [4.78, 5) is 23.7. The Balaban J connectivity index is 2.28. The third-order valence-electron chi connectivity index (χ3n) is 3.80. The average Bonchev–Trinajstić information content (AvgIpc) is 2.62. The molecule has 0 aliphatic carbocycles. The second-order valence-corrected chi connectivity index (χ2v) is 7.42. The number of rotatable bonds is 6. The van der Waals surface area contributed by atoms with Crippen LogP contribution < -0.4 is 14.2 Å². The molecule has 0 heterocycles. The third-order valence-corrected chi connectivity index (χ3v) is 3.80. The van der Waals surface area contributed by atoms with Gasteiger partial charge in [0.1, 0.15) is 17.2 Å². The number of benzene rings is 2. The van der Waals surface area contributed by atoms with Crippen LogP contribution in [-0.4, -0.2) is 18.5 Å². The van der Waals surface area contributed by atoms with Gasteiger partial charge in [-0.3, -0.25) is 4.79 Å². The van der Waals surface area contributed by atoms with Crippen molar-refractivity contribution < 1.29 is 23.8 Å². The van der Waals surface area contributed by atoms with Crippen LogP contribution in [0.15, 0.2) is 54.6 Å². The molecule has 0 fully saturated rings. The molecule has 0 amide bonds. The van der Waals surface area contributed by atoms with Gasteiger partial charge in [0.05, 0.1) is 12.0 Å². The van der Waals surface area contributed by atoms with Gasteiger partial charge in [0, 0.05) is 17.2 Å². The van der Waals surface area contributed by atoms with Crippen LogP contribution in [0.25, 0.3) is 11.1 Å². The minimum absolute atomic E-state index is 0.314. The lowest BCUT2D eigenvalue weighted by molar-refractivity contribution is -0.143. The summed E-state index contributed by atoms with van der Waals surface area (Å²) in [5.74, 6) is 0.692. The molecule has 0 radical (unpaired) electrons. The highest BCUT2D eigenvalue weighted by molar-refractivity contribution is 5.88. The van der Waals surface area contributed by atoms with Crippen LogP contribution in [0.4, 0.5) is 0 Å². The Kier molecular flexibility index (Phi) is 6.62. The summed E-state index contributed by atoms with van der Waals surface area (Å²) in [5.41, 5.74) is 1.46. The summed E-state index contributed by atoms with van der Waals surface area (Å²) in [6, 6.07) is 12.4. The molecule has 0 bridgehead atoms. The van der Waals surface area contributed by atoms with E-state index in [0.717, 1.165) is 11.1 Å². The van der Waals surface area contributed by atoms with Gasteiger partial charge in [-0.15, -0.1) is 0 Å². The fraction of sp³-hybridized carbons (Fsp3) is 0.304. The molecule has 148 valence electrons. The van der Waals surface area contributed by atoms with Crippen molar-refractivity contribution in [1.82, 2.24) is 0 Å². The van der Waals surface area contributed by atoms with Crippen LogP contribution >= 0.6 is 0 Å². The Morgan fingerprint density at radius 1 is 0.964 bits per heavy atom. The highest BCUT2D eigenvalue weighted by atomic mass is 16.5. The maximum atomic E-state index is 12.1. The van der Waals surface area contributed by atoms with Gasteiger partial charge in [0.25, 0.3) is 0 Å². The molecule has 5 nitrogen and oxygen atoms in total. The summed E-state index contributed by atoms with van der Waals surface area (Å²) in [5, 5.41) is 0. The van der Waals surface area contributed by atoms with Crippen molar-refractivity contribution in [3.05, 3.63) is 54.6 Å². The lowest BCUT2D eigenvalue weighted by atomic mass is 9.97. The van der Waals surface area contributed by atoms with Gasteiger partial charge >= 0.3 is 11.9 Å². The zero-order chi connectivity index (χ0) is 20.9. The SMILES string of the molecule is C=C(C)C(=O)Oc1ccc(-c2ccc(OC(=O)C(C)(C)C)cc2OCC)cc1. The van der Waals surface area contributed by atoms with Crippen LogP contribution in [-0.2, 0) is 9.59 Å². The van der Waals surface area contributed by atoms with Gasteiger partial charge in [-0.1, -0.05) is 18.7 Å². The second-order valence-electron chi connectivity index (χ2n) is 7.42. The molecular formula is C23H26O5. The summed E-state index contributed by atoms with van der Waals surface area (Å²) < 4.78 is 16.4. The smallest absolute Gasteiger partial charge is 0.338 e. The standard InChI is InChI=1S/C23H26O5/c1-7-26-20-14-18(28-22(25)23(4,5)6)12-13-19(20)16-8-10-17(11-9-16)27-21(24)15(2)3/h8-14H,2,7H2,1,3-6H3. The lowest BCUT2D eigenvalue weighted by Gasteiger charge is -2.18. The predicted octanol–water partition coefficient (Wildman–Crippen LogP) is 5.19. The molecule has 0 N–H and O–H groups in total. The van der Waals surface area contributed by atoms with E-state index in [9.17, 15) is 9.59 Å². The van der Waals surface area contributed by atoms with Crippen molar-refractivity contribution in [3.8, 4) is 28.4 Å². The average molecular weight is 382 g/mol. The minimum atomic E-state index is -0.596. The first kappa shape index (κ1) is 21.2. The van der Waals surface area contributed by atoms with Gasteiger partial charge in [-0.05, 0) is 64.4 Å². The monoisotopic (exact) mass is 382 g/mol. The van der Waals surface area contributed by atoms with Crippen LogP contribution in [0.2, 0.25) is 0 Å². The molecule has 0 aliphatic rings. The fourth-order valence-corrected chi connectivity index (χ4v) is 2.24. The third kappa shape index (κ3) is 5.46. The van der Waals surface area contributed by atoms with E-state index in [4.69, 9.17) is 14.2 Å². The first-order chi connectivity index (χ1) is 13.1. The molecule has 0 saturated heterocycles. The molecule has 5 heteroatoms. The maximum absolute atomic E-state index is 12.1. The number of carbonyl (C=O) groups is 2. The highest BCUT2D eigenvalue weighted by Gasteiger charge is 2.24. The second kappa shape index (κ2) is 8.74. The predicted molar refractivity (Wildman–Crippen MR) is 109 cm³/mol. The van der Waals surface area contributed by atoms with Crippen molar-refractivity contribution >= 4 is 11.9 Å². The maximum Gasteiger partial charge on any atom is 0.338 e. The summed E-state index contributed by atoms with van der Waals surface area (Å²) in [6.45, 7) is 12.9. The first-order valence-corrected chi connectivity index (χ1v) is 9.09. The Hall–Kier alpha value is -3.08. The molecule has 0 spiro atoms. The molecule has 0 unspecified atom stereocenters. The van der Waals surface area contributed by atoms with E-state index in [1.807, 2.05) is 25.1 Å². The summed E-state index contributed by atoms with van der Waals surface area (Å²) in [7, 11) is 0. The Labute approximate surface area is 165 Å². The molecule has 2 aromatic rings.